The summed E-state index contributed by atoms with van der Waals surface area (Å²) in [6.45, 7) is 5.89. The fourth-order valence-corrected chi connectivity index (χ4v) is 2.16. The van der Waals surface area contributed by atoms with Gasteiger partial charge in [0.1, 0.15) is 12.4 Å². The summed E-state index contributed by atoms with van der Waals surface area (Å²) in [7, 11) is 1.95. The highest BCUT2D eigenvalue weighted by atomic mass is 127. The van der Waals surface area contributed by atoms with Crippen LogP contribution in [0, 0.1) is 5.82 Å². The van der Waals surface area contributed by atoms with Crippen LogP contribution in [0.1, 0.15) is 30.9 Å². The Morgan fingerprint density at radius 3 is 2.58 bits per heavy atom. The molecular weight excluding hydrogens is 422 g/mol. The molecule has 0 saturated carbocycles. The van der Waals surface area contributed by atoms with Gasteiger partial charge in [0.25, 0.3) is 0 Å². The van der Waals surface area contributed by atoms with E-state index in [0.29, 0.717) is 13.1 Å². The van der Waals surface area contributed by atoms with Crippen LogP contribution in [0.25, 0.3) is 0 Å². The van der Waals surface area contributed by atoms with Gasteiger partial charge < -0.3 is 14.7 Å². The number of guanidine groups is 1. The molecule has 0 spiro atoms. The van der Waals surface area contributed by atoms with E-state index in [1.54, 1.807) is 12.1 Å². The zero-order chi connectivity index (χ0) is 16.7. The average molecular weight is 446 g/mol. The maximum Gasteiger partial charge on any atom is 0.194 e. The zero-order valence-corrected chi connectivity index (χ0v) is 16.6. The number of hydrogen-bond donors (Lipinski definition) is 1. The summed E-state index contributed by atoms with van der Waals surface area (Å²) in [5.74, 6) is 1.28. The van der Waals surface area contributed by atoms with Gasteiger partial charge in [-0.3, -0.25) is 0 Å². The van der Waals surface area contributed by atoms with Gasteiger partial charge in [0.2, 0.25) is 0 Å². The van der Waals surface area contributed by atoms with E-state index in [-0.39, 0.29) is 29.8 Å². The Labute approximate surface area is 159 Å². The van der Waals surface area contributed by atoms with Crippen LogP contribution in [-0.2, 0) is 19.5 Å². The Kier molecular flexibility index (Phi) is 8.73. The summed E-state index contributed by atoms with van der Waals surface area (Å²) in [6, 6.07) is 8.41. The van der Waals surface area contributed by atoms with Crippen molar-refractivity contribution in [2.75, 3.05) is 13.6 Å². The van der Waals surface area contributed by atoms with Gasteiger partial charge >= 0.3 is 0 Å². The Morgan fingerprint density at radius 1 is 1.29 bits per heavy atom. The summed E-state index contributed by atoms with van der Waals surface area (Å²) in [4.78, 5) is 6.56. The van der Waals surface area contributed by atoms with E-state index in [0.717, 1.165) is 35.9 Å². The van der Waals surface area contributed by atoms with Crippen LogP contribution >= 0.6 is 24.0 Å². The fourth-order valence-electron chi connectivity index (χ4n) is 2.16. The maximum absolute atomic E-state index is 13.0. The summed E-state index contributed by atoms with van der Waals surface area (Å²) >= 11 is 0. The standard InChI is InChI=1S/C17H23FN4O.HI/c1-4-15-10-16(23-21-15)11-20-17(19-5-2)22(3)12-13-6-8-14(18)9-7-13;/h6-10H,4-5,11-12H2,1-3H3,(H,19,20);1H. The summed E-state index contributed by atoms with van der Waals surface area (Å²) in [5, 5.41) is 7.21. The van der Waals surface area contributed by atoms with Gasteiger partial charge in [-0.15, -0.1) is 24.0 Å². The second kappa shape index (κ2) is 10.3. The van der Waals surface area contributed by atoms with E-state index < -0.39 is 0 Å². The lowest BCUT2D eigenvalue weighted by molar-refractivity contribution is 0.378. The molecule has 132 valence electrons. The highest BCUT2D eigenvalue weighted by molar-refractivity contribution is 14.0. The molecule has 0 fully saturated rings. The highest BCUT2D eigenvalue weighted by Gasteiger charge is 2.08. The number of rotatable bonds is 6. The van der Waals surface area contributed by atoms with E-state index in [2.05, 4.69) is 15.5 Å². The molecule has 0 amide bonds. The van der Waals surface area contributed by atoms with Crippen molar-refractivity contribution < 1.29 is 8.91 Å². The molecule has 1 aromatic heterocycles. The first-order valence-electron chi connectivity index (χ1n) is 7.80. The Balaban J connectivity index is 0.00000288. The average Bonchev–Trinajstić information content (AvgIpc) is 3.01. The van der Waals surface area contributed by atoms with Crippen molar-refractivity contribution in [1.82, 2.24) is 15.4 Å². The molecule has 24 heavy (non-hydrogen) atoms. The van der Waals surface area contributed by atoms with Gasteiger partial charge in [-0.2, -0.15) is 0 Å². The molecule has 2 aromatic rings. The van der Waals surface area contributed by atoms with E-state index in [1.165, 1.54) is 12.1 Å². The molecule has 0 bridgehead atoms. The largest absolute Gasteiger partial charge is 0.359 e. The Hall–Kier alpha value is -1.64. The lowest BCUT2D eigenvalue weighted by Crippen LogP contribution is -2.38. The predicted molar refractivity (Wildman–Crippen MR) is 104 cm³/mol. The van der Waals surface area contributed by atoms with Crippen LogP contribution < -0.4 is 5.32 Å². The van der Waals surface area contributed by atoms with Crippen LogP contribution in [0.2, 0.25) is 0 Å². The maximum atomic E-state index is 13.0. The quantitative estimate of drug-likeness (QED) is 0.419. The minimum absolute atomic E-state index is 0. The monoisotopic (exact) mass is 446 g/mol. The number of benzene rings is 1. The number of nitrogens with one attached hydrogen (secondary N) is 1. The Morgan fingerprint density at radius 2 is 2.00 bits per heavy atom. The lowest BCUT2D eigenvalue weighted by Gasteiger charge is -2.22. The van der Waals surface area contributed by atoms with Crippen molar-refractivity contribution in [3.05, 3.63) is 53.2 Å². The molecule has 1 N–H and O–H groups in total. The van der Waals surface area contributed by atoms with E-state index in [9.17, 15) is 4.39 Å². The number of nitrogens with zero attached hydrogens (tertiary/aromatic N) is 3. The van der Waals surface area contributed by atoms with Crippen LogP contribution in [0.3, 0.4) is 0 Å². The number of halogens is 2. The molecule has 0 unspecified atom stereocenters. The van der Waals surface area contributed by atoms with Gasteiger partial charge in [-0.05, 0) is 31.0 Å². The van der Waals surface area contributed by atoms with Crippen molar-refractivity contribution in [2.24, 2.45) is 4.99 Å². The molecular formula is C17H24FIN4O. The number of aromatic nitrogens is 1. The number of hydrogen-bond acceptors (Lipinski definition) is 3. The molecule has 0 aliphatic rings. The van der Waals surface area contributed by atoms with E-state index >= 15 is 0 Å². The van der Waals surface area contributed by atoms with Gasteiger partial charge in [-0.25, -0.2) is 9.38 Å². The SMILES string of the molecule is CCNC(=NCc1cc(CC)no1)N(C)Cc1ccc(F)cc1.I. The normalized spacial score (nSPS) is 11.1. The highest BCUT2D eigenvalue weighted by Crippen LogP contribution is 2.08. The Bertz CT molecular complexity index is 642. The lowest BCUT2D eigenvalue weighted by atomic mass is 10.2. The molecule has 1 aromatic carbocycles. The van der Waals surface area contributed by atoms with Crippen LogP contribution in [0.15, 0.2) is 39.8 Å². The molecule has 0 aliphatic carbocycles. The first kappa shape index (κ1) is 20.4. The van der Waals surface area contributed by atoms with Crippen molar-refractivity contribution in [3.63, 3.8) is 0 Å². The summed E-state index contributed by atoms with van der Waals surface area (Å²) in [5.41, 5.74) is 1.95. The summed E-state index contributed by atoms with van der Waals surface area (Å²) < 4.78 is 18.2. The number of aliphatic imine (C=N–C) groups is 1. The van der Waals surface area contributed by atoms with Crippen molar-refractivity contribution in [2.45, 2.75) is 33.4 Å². The third-order valence-corrected chi connectivity index (χ3v) is 3.38. The van der Waals surface area contributed by atoms with Gasteiger partial charge in [0.05, 0.1) is 5.69 Å². The molecule has 0 atom stereocenters. The van der Waals surface area contributed by atoms with Crippen molar-refractivity contribution in [1.29, 1.82) is 0 Å². The smallest absolute Gasteiger partial charge is 0.194 e. The first-order valence-corrected chi connectivity index (χ1v) is 7.80. The van der Waals surface area contributed by atoms with Gasteiger partial charge in [0, 0.05) is 26.2 Å². The molecule has 7 heteroatoms. The number of aryl methyl sites for hydroxylation is 1. The molecule has 1 heterocycles. The van der Waals surface area contributed by atoms with Gasteiger partial charge in [-0.1, -0.05) is 24.2 Å². The van der Waals surface area contributed by atoms with E-state index in [4.69, 9.17) is 4.52 Å². The second-order valence-corrected chi connectivity index (χ2v) is 5.29. The molecule has 5 nitrogen and oxygen atoms in total. The molecule has 2 rings (SSSR count). The molecule has 0 aliphatic heterocycles. The molecule has 0 saturated heterocycles. The minimum atomic E-state index is -0.228. The topological polar surface area (TPSA) is 53.7 Å². The van der Waals surface area contributed by atoms with Gasteiger partial charge in [0.15, 0.2) is 11.7 Å². The predicted octanol–water partition coefficient (Wildman–Crippen LogP) is 3.59. The van der Waals surface area contributed by atoms with Crippen molar-refractivity contribution >= 4 is 29.9 Å². The minimum Gasteiger partial charge on any atom is -0.359 e. The van der Waals surface area contributed by atoms with E-state index in [1.807, 2.05) is 31.9 Å². The zero-order valence-electron chi connectivity index (χ0n) is 14.3. The second-order valence-electron chi connectivity index (χ2n) is 5.29. The van der Waals surface area contributed by atoms with Crippen molar-refractivity contribution in [3.8, 4) is 0 Å². The third kappa shape index (κ3) is 6.10. The fraction of sp³-hybridized carbons (Fsp3) is 0.412. The molecule has 0 radical (unpaired) electrons. The van der Waals surface area contributed by atoms with Crippen LogP contribution in [0.4, 0.5) is 4.39 Å². The van der Waals surface area contributed by atoms with Crippen LogP contribution in [0.5, 0.6) is 0 Å². The summed E-state index contributed by atoms with van der Waals surface area (Å²) in [6.07, 6.45) is 0.845. The third-order valence-electron chi connectivity index (χ3n) is 3.38. The first-order chi connectivity index (χ1) is 11.1. The van der Waals surface area contributed by atoms with Crippen LogP contribution in [-0.4, -0.2) is 29.6 Å².